The number of nitrogens with zero attached hydrogens (tertiary/aromatic N) is 2. The topological polar surface area (TPSA) is 128 Å². The molecule has 10 nitrogen and oxygen atoms in total. The van der Waals surface area contributed by atoms with Crippen LogP contribution in [-0.2, 0) is 16.2 Å². The molecule has 1 heterocycles. The molecule has 0 aromatic heterocycles. The molecule has 0 spiro atoms. The van der Waals surface area contributed by atoms with Gasteiger partial charge in [0.1, 0.15) is 13.2 Å². The van der Waals surface area contributed by atoms with Crippen LogP contribution in [0.5, 0.6) is 11.5 Å². The second-order valence-electron chi connectivity index (χ2n) is 8.63. The number of anilines is 1. The number of carbonyl (C=O) groups excluding carboxylic acids is 3. The maximum atomic E-state index is 13.0. The molecule has 12 heteroatoms. The fourth-order valence-electron chi connectivity index (χ4n) is 3.77. The molecule has 40 heavy (non-hydrogen) atoms. The molecule has 0 aliphatic carbocycles. The van der Waals surface area contributed by atoms with Gasteiger partial charge >= 0.3 is 0 Å². The number of aryl methyl sites for hydroxylation is 1. The van der Waals surface area contributed by atoms with Crippen LogP contribution < -0.4 is 14.8 Å². The van der Waals surface area contributed by atoms with Crippen LogP contribution in [0.3, 0.4) is 0 Å². The Morgan fingerprint density at radius 3 is 2.65 bits per heavy atom. The Bertz CT molecular complexity index is 1530. The molecule has 0 bridgehead atoms. The Balaban J connectivity index is 1.45. The molecule has 0 unspecified atom stereocenters. The van der Waals surface area contributed by atoms with E-state index in [-0.39, 0.29) is 17.2 Å². The van der Waals surface area contributed by atoms with Gasteiger partial charge in [0.2, 0.25) is 5.91 Å². The third-order valence-corrected chi connectivity index (χ3v) is 6.87. The van der Waals surface area contributed by atoms with Crippen LogP contribution in [0.15, 0.2) is 65.6 Å². The smallest absolute Gasteiger partial charge is 0.294 e. The predicted molar refractivity (Wildman–Crippen MR) is 153 cm³/mol. The fourth-order valence-corrected chi connectivity index (χ4v) is 4.78. The molecule has 0 atom stereocenters. The third-order valence-electron chi connectivity index (χ3n) is 5.73. The first-order chi connectivity index (χ1) is 19.1. The van der Waals surface area contributed by atoms with Crippen molar-refractivity contribution in [3.05, 3.63) is 97.4 Å². The van der Waals surface area contributed by atoms with Gasteiger partial charge < -0.3 is 14.8 Å². The van der Waals surface area contributed by atoms with Gasteiger partial charge in [-0.3, -0.25) is 29.4 Å². The largest absolute Gasteiger partial charge is 0.490 e. The van der Waals surface area contributed by atoms with Crippen molar-refractivity contribution < 1.29 is 28.8 Å². The van der Waals surface area contributed by atoms with E-state index in [1.54, 1.807) is 62.4 Å². The maximum Gasteiger partial charge on any atom is 0.294 e. The van der Waals surface area contributed by atoms with E-state index in [9.17, 15) is 24.5 Å². The number of benzene rings is 3. The number of thioether (sulfide) groups is 1. The number of non-ortho nitro benzene ring substituents is 1. The van der Waals surface area contributed by atoms with E-state index in [1.165, 1.54) is 18.2 Å². The van der Waals surface area contributed by atoms with Crippen LogP contribution >= 0.6 is 23.4 Å². The molecule has 206 valence electrons. The Morgan fingerprint density at radius 1 is 1.10 bits per heavy atom. The van der Waals surface area contributed by atoms with Crippen LogP contribution in [0.4, 0.5) is 16.2 Å². The first kappa shape index (κ1) is 28.7. The Morgan fingerprint density at radius 2 is 1.90 bits per heavy atom. The summed E-state index contributed by atoms with van der Waals surface area (Å²) in [4.78, 5) is 49.7. The minimum absolute atomic E-state index is 0.0347. The Kier molecular flexibility index (Phi) is 9.08. The van der Waals surface area contributed by atoms with Crippen molar-refractivity contribution in [2.75, 3.05) is 18.5 Å². The normalized spacial score (nSPS) is 14.0. The van der Waals surface area contributed by atoms with Gasteiger partial charge in [0.05, 0.1) is 16.4 Å². The molecule has 1 aliphatic rings. The highest BCUT2D eigenvalue weighted by molar-refractivity contribution is 8.18. The van der Waals surface area contributed by atoms with E-state index in [0.717, 1.165) is 22.2 Å². The molecule has 1 saturated heterocycles. The number of imide groups is 1. The lowest BCUT2D eigenvalue weighted by molar-refractivity contribution is -0.384. The summed E-state index contributed by atoms with van der Waals surface area (Å²) in [5.74, 6) is -0.307. The molecule has 3 aromatic rings. The van der Waals surface area contributed by atoms with Gasteiger partial charge in [-0.15, -0.1) is 0 Å². The molecular formula is C28H24ClN3O7S. The molecule has 0 radical (unpaired) electrons. The highest BCUT2D eigenvalue weighted by Gasteiger charge is 2.36. The zero-order chi connectivity index (χ0) is 28.8. The number of ether oxygens (including phenoxy) is 2. The molecule has 1 fully saturated rings. The van der Waals surface area contributed by atoms with Crippen LogP contribution in [0, 0.1) is 17.0 Å². The van der Waals surface area contributed by atoms with Crippen LogP contribution in [0.25, 0.3) is 6.08 Å². The van der Waals surface area contributed by atoms with Crippen LogP contribution in [-0.4, -0.2) is 40.0 Å². The van der Waals surface area contributed by atoms with E-state index in [2.05, 4.69) is 5.32 Å². The zero-order valence-electron chi connectivity index (χ0n) is 21.5. The van der Waals surface area contributed by atoms with Crippen molar-refractivity contribution in [2.24, 2.45) is 0 Å². The quantitative estimate of drug-likeness (QED) is 0.170. The maximum absolute atomic E-state index is 13.0. The van der Waals surface area contributed by atoms with Crippen molar-refractivity contribution in [1.29, 1.82) is 0 Å². The first-order valence-electron chi connectivity index (χ1n) is 12.1. The van der Waals surface area contributed by atoms with Gasteiger partial charge in [-0.05, 0) is 72.6 Å². The molecule has 3 aromatic carbocycles. The standard InChI is InChI=1S/C28H24ClN3O7S/c1-3-38-24-12-18(8-10-23(24)39-16-19-5-4-6-21(11-19)32(36)37)13-25-27(34)31(28(35)40-25)15-26(33)30-22-14-20(29)9-7-17(22)2/h4-14H,3,15-16H2,1-2H3,(H,30,33)/b25-13+. The third kappa shape index (κ3) is 6.99. The van der Waals surface area contributed by atoms with Gasteiger partial charge in [-0.2, -0.15) is 0 Å². The van der Waals surface area contributed by atoms with Crippen molar-refractivity contribution in [2.45, 2.75) is 20.5 Å². The second kappa shape index (κ2) is 12.7. The van der Waals surface area contributed by atoms with Crippen molar-refractivity contribution in [3.63, 3.8) is 0 Å². The summed E-state index contributed by atoms with van der Waals surface area (Å²) < 4.78 is 11.5. The Labute approximate surface area is 239 Å². The number of hydrogen-bond donors (Lipinski definition) is 1. The summed E-state index contributed by atoms with van der Waals surface area (Å²) in [7, 11) is 0. The minimum Gasteiger partial charge on any atom is -0.490 e. The average molecular weight is 582 g/mol. The molecular weight excluding hydrogens is 558 g/mol. The Hall–Kier alpha value is -4.35. The van der Waals surface area contributed by atoms with Crippen molar-refractivity contribution in [3.8, 4) is 11.5 Å². The van der Waals surface area contributed by atoms with Gasteiger partial charge in [0.15, 0.2) is 11.5 Å². The van der Waals surface area contributed by atoms with E-state index in [1.807, 2.05) is 0 Å². The van der Waals surface area contributed by atoms with Gasteiger partial charge in [0, 0.05) is 22.8 Å². The second-order valence-corrected chi connectivity index (χ2v) is 10.1. The molecule has 1 N–H and O–H groups in total. The lowest BCUT2D eigenvalue weighted by Gasteiger charge is -2.14. The summed E-state index contributed by atoms with van der Waals surface area (Å²) in [6.07, 6.45) is 1.54. The van der Waals surface area contributed by atoms with Crippen molar-refractivity contribution in [1.82, 2.24) is 4.90 Å². The summed E-state index contributed by atoms with van der Waals surface area (Å²) in [5, 5.41) is 13.6. The number of nitro groups is 1. The summed E-state index contributed by atoms with van der Waals surface area (Å²) in [5.41, 5.74) is 2.44. The zero-order valence-corrected chi connectivity index (χ0v) is 23.1. The summed E-state index contributed by atoms with van der Waals surface area (Å²) in [6, 6.07) is 16.2. The van der Waals surface area contributed by atoms with E-state index < -0.39 is 28.5 Å². The fraction of sp³-hybridized carbons (Fsp3) is 0.179. The monoisotopic (exact) mass is 581 g/mol. The highest BCUT2D eigenvalue weighted by atomic mass is 35.5. The number of carbonyl (C=O) groups is 3. The first-order valence-corrected chi connectivity index (χ1v) is 13.3. The van der Waals surface area contributed by atoms with Crippen molar-refractivity contribution >= 4 is 57.9 Å². The van der Waals surface area contributed by atoms with E-state index in [4.69, 9.17) is 21.1 Å². The predicted octanol–water partition coefficient (Wildman–Crippen LogP) is 6.21. The van der Waals surface area contributed by atoms with Crippen LogP contribution in [0.1, 0.15) is 23.6 Å². The SMILES string of the molecule is CCOc1cc(/C=C2/SC(=O)N(CC(=O)Nc3cc(Cl)ccc3C)C2=O)ccc1OCc1cccc([N+](=O)[O-])c1. The minimum atomic E-state index is -0.586. The molecule has 3 amide bonds. The van der Waals surface area contributed by atoms with Gasteiger partial charge in [-0.1, -0.05) is 35.9 Å². The number of nitrogens with one attached hydrogen (secondary N) is 1. The van der Waals surface area contributed by atoms with Crippen LogP contribution in [0.2, 0.25) is 5.02 Å². The van der Waals surface area contributed by atoms with E-state index >= 15 is 0 Å². The average Bonchev–Trinajstić information content (AvgIpc) is 3.17. The van der Waals surface area contributed by atoms with E-state index in [0.29, 0.717) is 39.9 Å². The molecule has 4 rings (SSSR count). The lowest BCUT2D eigenvalue weighted by Crippen LogP contribution is -2.36. The molecule has 0 saturated carbocycles. The number of hydrogen-bond acceptors (Lipinski definition) is 8. The number of halogens is 1. The molecule has 1 aliphatic heterocycles. The van der Waals surface area contributed by atoms with Gasteiger partial charge in [-0.25, -0.2) is 0 Å². The number of nitro benzene ring substituents is 1. The summed E-state index contributed by atoms with van der Waals surface area (Å²) >= 11 is 6.73. The number of rotatable bonds is 10. The van der Waals surface area contributed by atoms with Gasteiger partial charge in [0.25, 0.3) is 16.8 Å². The highest BCUT2D eigenvalue weighted by Crippen LogP contribution is 2.35. The summed E-state index contributed by atoms with van der Waals surface area (Å²) in [6.45, 7) is 3.58. The lowest BCUT2D eigenvalue weighted by atomic mass is 10.1. The number of amides is 3.